The molecule has 0 aliphatic heterocycles. The van der Waals surface area contributed by atoms with Crippen molar-refractivity contribution >= 4 is 11.7 Å². The highest BCUT2D eigenvalue weighted by Gasteiger charge is 2.12. The number of rotatable bonds is 7. The maximum absolute atomic E-state index is 11.9. The number of esters is 1. The maximum atomic E-state index is 11.9. The number of carbonyl (C=O) groups excluding carboxylic acids is 1. The van der Waals surface area contributed by atoms with Gasteiger partial charge >= 0.3 is 5.97 Å². The Bertz CT molecular complexity index is 430. The zero-order valence-corrected chi connectivity index (χ0v) is 12.0. The largest absolute Gasteiger partial charge is 0.460 e. The molecule has 4 nitrogen and oxygen atoms in total. The van der Waals surface area contributed by atoms with Crippen LogP contribution in [0.2, 0.25) is 0 Å². The molecular formula is C15H23NO3. The number of nitrogens with two attached hydrogens (primary N) is 1. The van der Waals surface area contributed by atoms with E-state index >= 15 is 0 Å². The summed E-state index contributed by atoms with van der Waals surface area (Å²) >= 11 is 0. The topological polar surface area (TPSA) is 61.5 Å². The van der Waals surface area contributed by atoms with Crippen molar-refractivity contribution in [2.45, 2.75) is 33.6 Å². The fourth-order valence-corrected chi connectivity index (χ4v) is 1.68. The van der Waals surface area contributed by atoms with E-state index in [1.807, 2.05) is 13.8 Å². The van der Waals surface area contributed by atoms with Gasteiger partial charge in [-0.25, -0.2) is 4.79 Å². The number of hydrogen-bond acceptors (Lipinski definition) is 4. The van der Waals surface area contributed by atoms with Gasteiger partial charge < -0.3 is 15.2 Å². The van der Waals surface area contributed by atoms with Gasteiger partial charge in [0.1, 0.15) is 6.61 Å². The molecule has 0 saturated carbocycles. The third kappa shape index (κ3) is 4.56. The molecule has 4 heteroatoms. The number of nitrogen functional groups attached to an aromatic ring is 1. The van der Waals surface area contributed by atoms with E-state index in [9.17, 15) is 4.79 Å². The first-order chi connectivity index (χ1) is 9.07. The Morgan fingerprint density at radius 1 is 1.16 bits per heavy atom. The lowest BCUT2D eigenvalue weighted by molar-refractivity contribution is 0.0313. The number of hydrogen-bond donors (Lipinski definition) is 1. The second kappa shape index (κ2) is 7.79. The minimum atomic E-state index is -0.320. The minimum absolute atomic E-state index is 0.283. The van der Waals surface area contributed by atoms with E-state index in [-0.39, 0.29) is 12.6 Å². The van der Waals surface area contributed by atoms with Crippen LogP contribution in [0.5, 0.6) is 0 Å². The van der Waals surface area contributed by atoms with Crippen molar-refractivity contribution in [3.05, 3.63) is 28.8 Å². The number of ether oxygens (including phenoxy) is 2. The predicted molar refractivity (Wildman–Crippen MR) is 76.3 cm³/mol. The van der Waals surface area contributed by atoms with Crippen molar-refractivity contribution in [1.82, 2.24) is 0 Å². The van der Waals surface area contributed by atoms with Crippen LogP contribution in [0, 0.1) is 13.8 Å². The minimum Gasteiger partial charge on any atom is -0.460 e. The highest BCUT2D eigenvalue weighted by molar-refractivity contribution is 5.92. The molecule has 1 aromatic rings. The van der Waals surface area contributed by atoms with Gasteiger partial charge in [-0.15, -0.1) is 0 Å². The second-order valence-corrected chi connectivity index (χ2v) is 4.55. The Balaban J connectivity index is 2.44. The summed E-state index contributed by atoms with van der Waals surface area (Å²) in [5, 5.41) is 0. The van der Waals surface area contributed by atoms with Crippen LogP contribution < -0.4 is 5.73 Å². The zero-order chi connectivity index (χ0) is 14.3. The Morgan fingerprint density at radius 3 is 2.58 bits per heavy atom. The molecule has 0 heterocycles. The van der Waals surface area contributed by atoms with Crippen LogP contribution in [0.15, 0.2) is 12.1 Å². The number of unbranched alkanes of at least 4 members (excludes halogenated alkanes) is 1. The van der Waals surface area contributed by atoms with Gasteiger partial charge in [0.25, 0.3) is 0 Å². The van der Waals surface area contributed by atoms with E-state index in [0.29, 0.717) is 24.5 Å². The third-order valence-corrected chi connectivity index (χ3v) is 3.15. The quantitative estimate of drug-likeness (QED) is 0.468. The van der Waals surface area contributed by atoms with Gasteiger partial charge in [0.15, 0.2) is 0 Å². The van der Waals surface area contributed by atoms with E-state index in [0.717, 1.165) is 24.0 Å². The normalized spacial score (nSPS) is 10.5. The van der Waals surface area contributed by atoms with E-state index < -0.39 is 0 Å². The molecule has 0 aromatic heterocycles. The summed E-state index contributed by atoms with van der Waals surface area (Å²) in [5.41, 5.74) is 8.84. The number of carbonyl (C=O) groups is 1. The molecule has 0 aliphatic carbocycles. The van der Waals surface area contributed by atoms with Crippen LogP contribution in [-0.2, 0) is 9.47 Å². The van der Waals surface area contributed by atoms with Crippen molar-refractivity contribution in [1.29, 1.82) is 0 Å². The third-order valence-electron chi connectivity index (χ3n) is 3.15. The smallest absolute Gasteiger partial charge is 0.338 e. The first kappa shape index (κ1) is 15.5. The van der Waals surface area contributed by atoms with Crippen LogP contribution in [0.4, 0.5) is 5.69 Å². The van der Waals surface area contributed by atoms with Crippen molar-refractivity contribution in [3.8, 4) is 0 Å². The molecule has 19 heavy (non-hydrogen) atoms. The monoisotopic (exact) mass is 265 g/mol. The van der Waals surface area contributed by atoms with Gasteiger partial charge in [0.2, 0.25) is 0 Å². The van der Waals surface area contributed by atoms with Crippen molar-refractivity contribution in [2.24, 2.45) is 0 Å². The SMILES string of the molecule is CCCCOCCOC(=O)c1ccc(N)c(C)c1C. The number of anilines is 1. The average Bonchev–Trinajstić information content (AvgIpc) is 2.40. The van der Waals surface area contributed by atoms with Gasteiger partial charge in [0, 0.05) is 12.3 Å². The molecule has 0 fully saturated rings. The molecule has 0 radical (unpaired) electrons. The van der Waals surface area contributed by atoms with Crippen molar-refractivity contribution < 1.29 is 14.3 Å². The van der Waals surface area contributed by atoms with E-state index in [4.69, 9.17) is 15.2 Å². The summed E-state index contributed by atoms with van der Waals surface area (Å²) in [5.74, 6) is -0.320. The lowest BCUT2D eigenvalue weighted by Crippen LogP contribution is -2.13. The van der Waals surface area contributed by atoms with Crippen LogP contribution in [0.1, 0.15) is 41.3 Å². The molecule has 1 aromatic carbocycles. The molecule has 1 rings (SSSR count). The molecule has 0 atom stereocenters. The highest BCUT2D eigenvalue weighted by atomic mass is 16.6. The zero-order valence-electron chi connectivity index (χ0n) is 12.0. The molecule has 0 saturated heterocycles. The fraction of sp³-hybridized carbons (Fsp3) is 0.533. The first-order valence-electron chi connectivity index (χ1n) is 6.68. The first-order valence-corrected chi connectivity index (χ1v) is 6.68. The standard InChI is InChI=1S/C15H23NO3/c1-4-5-8-18-9-10-19-15(17)13-6-7-14(16)12(3)11(13)2/h6-7H,4-5,8-10,16H2,1-3H3. The van der Waals surface area contributed by atoms with E-state index in [2.05, 4.69) is 6.92 Å². The Labute approximate surface area is 114 Å². The summed E-state index contributed by atoms with van der Waals surface area (Å²) < 4.78 is 10.5. The summed E-state index contributed by atoms with van der Waals surface area (Å²) in [6.07, 6.45) is 2.13. The fourth-order valence-electron chi connectivity index (χ4n) is 1.68. The molecule has 0 aliphatic rings. The van der Waals surface area contributed by atoms with E-state index in [1.54, 1.807) is 12.1 Å². The summed E-state index contributed by atoms with van der Waals surface area (Å²) in [4.78, 5) is 11.9. The van der Waals surface area contributed by atoms with Crippen LogP contribution in [-0.4, -0.2) is 25.8 Å². The van der Waals surface area contributed by atoms with Crippen LogP contribution in [0.3, 0.4) is 0 Å². The molecular weight excluding hydrogens is 242 g/mol. The lowest BCUT2D eigenvalue weighted by Gasteiger charge is -2.11. The summed E-state index contributed by atoms with van der Waals surface area (Å²) in [7, 11) is 0. The lowest BCUT2D eigenvalue weighted by atomic mass is 10.0. The summed E-state index contributed by atoms with van der Waals surface area (Å²) in [6, 6.07) is 3.44. The molecule has 0 bridgehead atoms. The van der Waals surface area contributed by atoms with E-state index in [1.165, 1.54) is 0 Å². The van der Waals surface area contributed by atoms with Gasteiger partial charge in [-0.1, -0.05) is 13.3 Å². The van der Waals surface area contributed by atoms with Gasteiger partial charge in [0.05, 0.1) is 12.2 Å². The Hall–Kier alpha value is -1.55. The molecule has 2 N–H and O–H groups in total. The average molecular weight is 265 g/mol. The van der Waals surface area contributed by atoms with Crippen molar-refractivity contribution in [3.63, 3.8) is 0 Å². The number of benzene rings is 1. The van der Waals surface area contributed by atoms with Crippen molar-refractivity contribution in [2.75, 3.05) is 25.6 Å². The predicted octanol–water partition coefficient (Wildman–Crippen LogP) is 2.86. The Morgan fingerprint density at radius 2 is 1.89 bits per heavy atom. The van der Waals surface area contributed by atoms with Gasteiger partial charge in [-0.2, -0.15) is 0 Å². The van der Waals surface area contributed by atoms with Crippen LogP contribution >= 0.6 is 0 Å². The molecule has 0 spiro atoms. The van der Waals surface area contributed by atoms with Gasteiger partial charge in [-0.05, 0) is 43.5 Å². The Kier molecular flexibility index (Phi) is 6.36. The highest BCUT2D eigenvalue weighted by Crippen LogP contribution is 2.20. The second-order valence-electron chi connectivity index (χ2n) is 4.55. The molecule has 106 valence electrons. The van der Waals surface area contributed by atoms with Gasteiger partial charge in [-0.3, -0.25) is 0 Å². The summed E-state index contributed by atoms with van der Waals surface area (Å²) in [6.45, 7) is 7.32. The molecule has 0 unspecified atom stereocenters. The molecule has 0 amide bonds. The maximum Gasteiger partial charge on any atom is 0.338 e. The van der Waals surface area contributed by atoms with Crippen LogP contribution in [0.25, 0.3) is 0 Å².